The highest BCUT2D eigenvalue weighted by atomic mass is 35.5. The summed E-state index contributed by atoms with van der Waals surface area (Å²) in [6, 6.07) is 15.2. The van der Waals surface area contributed by atoms with Crippen molar-refractivity contribution in [1.29, 1.82) is 0 Å². The monoisotopic (exact) mass is 533 g/mol. The molecule has 0 fully saturated rings. The lowest BCUT2D eigenvalue weighted by molar-refractivity contribution is -0.137. The van der Waals surface area contributed by atoms with Gasteiger partial charge in [0.1, 0.15) is 0 Å². The van der Waals surface area contributed by atoms with Gasteiger partial charge >= 0.3 is 6.18 Å². The first-order valence-corrected chi connectivity index (χ1v) is 12.3. The Bertz CT molecular complexity index is 1140. The van der Waals surface area contributed by atoms with Crippen molar-refractivity contribution in [3.8, 4) is 0 Å². The second-order valence-electron chi connectivity index (χ2n) is 8.43. The number of benzene rings is 2. The maximum absolute atomic E-state index is 13.2. The normalized spacial score (nSPS) is 12.0. The molecule has 0 radical (unpaired) electrons. The van der Waals surface area contributed by atoms with E-state index in [4.69, 9.17) is 21.1 Å². The molecular weight excluding hydrogens is 503 g/mol. The van der Waals surface area contributed by atoms with Gasteiger partial charge in [-0.15, -0.1) is 0 Å². The molecule has 0 amide bonds. The third kappa shape index (κ3) is 9.07. The Labute approximate surface area is 220 Å². The van der Waals surface area contributed by atoms with Gasteiger partial charge in [-0.05, 0) is 85.0 Å². The lowest BCUT2D eigenvalue weighted by Gasteiger charge is -2.19. The average molecular weight is 534 g/mol. The number of halogens is 4. The van der Waals surface area contributed by atoms with Crippen LogP contribution in [-0.4, -0.2) is 39.0 Å². The third-order valence-electron chi connectivity index (χ3n) is 5.65. The fraction of sp³-hybridized carbons (Fsp3) is 0.321. The predicted octanol–water partition coefficient (Wildman–Crippen LogP) is 7.81. The lowest BCUT2D eigenvalue weighted by Crippen LogP contribution is -2.09. The number of nitrogens with zero attached hydrogens (tertiary/aromatic N) is 2. The van der Waals surface area contributed by atoms with Crippen molar-refractivity contribution < 1.29 is 22.6 Å². The molecule has 0 bridgehead atoms. The van der Waals surface area contributed by atoms with Gasteiger partial charge in [0.15, 0.2) is 0 Å². The number of ether oxygens (including phenoxy) is 2. The SMILES string of the molecule is COCCOCCCC/C(=C/N(C)c1ccc(Nc2ccc(Cl)c(C(F)(F)F)c2)cc1)c1ccncc1. The van der Waals surface area contributed by atoms with Crippen LogP contribution in [0.5, 0.6) is 0 Å². The largest absolute Gasteiger partial charge is 0.417 e. The molecule has 0 spiro atoms. The van der Waals surface area contributed by atoms with Crippen LogP contribution in [-0.2, 0) is 15.7 Å². The summed E-state index contributed by atoms with van der Waals surface area (Å²) >= 11 is 5.72. The molecule has 3 rings (SSSR count). The Morgan fingerprint density at radius 3 is 2.35 bits per heavy atom. The maximum Gasteiger partial charge on any atom is 0.417 e. The number of allylic oxidation sites excluding steroid dienone is 1. The molecule has 5 nitrogen and oxygen atoms in total. The van der Waals surface area contributed by atoms with Crippen LogP contribution in [0.25, 0.3) is 5.57 Å². The number of hydrogen-bond acceptors (Lipinski definition) is 5. The van der Waals surface area contributed by atoms with E-state index in [-0.39, 0.29) is 5.02 Å². The van der Waals surface area contributed by atoms with Gasteiger partial charge < -0.3 is 19.7 Å². The molecule has 37 heavy (non-hydrogen) atoms. The van der Waals surface area contributed by atoms with E-state index in [1.54, 1.807) is 19.5 Å². The summed E-state index contributed by atoms with van der Waals surface area (Å²) in [5.41, 5.74) is 3.31. The van der Waals surface area contributed by atoms with E-state index < -0.39 is 11.7 Å². The van der Waals surface area contributed by atoms with Crippen LogP contribution >= 0.6 is 11.6 Å². The predicted molar refractivity (Wildman–Crippen MR) is 143 cm³/mol. The number of nitrogens with one attached hydrogen (secondary N) is 1. The molecule has 3 aromatic rings. The van der Waals surface area contributed by atoms with Crippen LogP contribution in [0.4, 0.5) is 30.2 Å². The Morgan fingerprint density at radius 1 is 0.973 bits per heavy atom. The van der Waals surface area contributed by atoms with Crippen molar-refractivity contribution in [2.75, 3.05) is 44.2 Å². The number of pyridine rings is 1. The van der Waals surface area contributed by atoms with Crippen LogP contribution in [0.1, 0.15) is 30.4 Å². The molecular formula is C28H31ClF3N3O2. The number of unbranched alkanes of at least 4 members (excludes halogenated alkanes) is 1. The van der Waals surface area contributed by atoms with Crippen molar-refractivity contribution in [1.82, 2.24) is 4.98 Å². The standard InChI is InChI=1S/C28H31ClF3N3O2/c1-35(20-22(21-12-14-33-15-13-21)5-3-4-16-37-18-17-36-2)25-9-6-23(7-10-25)34-24-8-11-27(29)26(19-24)28(30,31)32/h6-15,19-20,34H,3-5,16-18H2,1-2H3/b22-20-. The molecule has 1 aromatic heterocycles. The zero-order valence-electron chi connectivity index (χ0n) is 20.9. The average Bonchev–Trinajstić information content (AvgIpc) is 2.88. The van der Waals surface area contributed by atoms with E-state index in [2.05, 4.69) is 16.5 Å². The topological polar surface area (TPSA) is 46.6 Å². The summed E-state index contributed by atoms with van der Waals surface area (Å²) in [5, 5.41) is 2.68. The number of hydrogen-bond donors (Lipinski definition) is 1. The van der Waals surface area contributed by atoms with Crippen LogP contribution in [0.2, 0.25) is 5.02 Å². The molecule has 9 heteroatoms. The summed E-state index contributed by atoms with van der Waals surface area (Å²) in [5.74, 6) is 0. The second kappa shape index (κ2) is 14.0. The first kappa shape index (κ1) is 28.5. The third-order valence-corrected chi connectivity index (χ3v) is 5.98. The highest BCUT2D eigenvalue weighted by Gasteiger charge is 2.33. The van der Waals surface area contributed by atoms with Crippen molar-refractivity contribution >= 4 is 34.2 Å². The van der Waals surface area contributed by atoms with Crippen LogP contribution in [0.3, 0.4) is 0 Å². The molecule has 0 aliphatic heterocycles. The van der Waals surface area contributed by atoms with Gasteiger partial charge in [0.05, 0.1) is 23.8 Å². The van der Waals surface area contributed by atoms with E-state index in [1.807, 2.05) is 48.3 Å². The van der Waals surface area contributed by atoms with E-state index in [1.165, 1.54) is 17.7 Å². The van der Waals surface area contributed by atoms with Crippen molar-refractivity contribution in [2.24, 2.45) is 0 Å². The molecule has 0 saturated carbocycles. The second-order valence-corrected chi connectivity index (χ2v) is 8.83. The van der Waals surface area contributed by atoms with E-state index in [0.29, 0.717) is 31.2 Å². The van der Waals surface area contributed by atoms with Crippen molar-refractivity contribution in [3.63, 3.8) is 0 Å². The summed E-state index contributed by atoms with van der Waals surface area (Å²) < 4.78 is 50.0. The zero-order chi connectivity index (χ0) is 26.7. The zero-order valence-corrected chi connectivity index (χ0v) is 21.6. The summed E-state index contributed by atoms with van der Waals surface area (Å²) in [6.45, 7) is 1.88. The first-order chi connectivity index (χ1) is 17.8. The highest BCUT2D eigenvalue weighted by Crippen LogP contribution is 2.37. The Kier molecular flexibility index (Phi) is 10.8. The van der Waals surface area contributed by atoms with Crippen LogP contribution in [0.15, 0.2) is 73.2 Å². The molecule has 0 saturated heterocycles. The van der Waals surface area contributed by atoms with Gasteiger partial charge in [0.25, 0.3) is 0 Å². The number of methoxy groups -OCH3 is 1. The van der Waals surface area contributed by atoms with Gasteiger partial charge in [-0.1, -0.05) is 11.6 Å². The van der Waals surface area contributed by atoms with Crippen molar-refractivity contribution in [2.45, 2.75) is 25.4 Å². The summed E-state index contributed by atoms with van der Waals surface area (Å²) in [6.07, 6.45) is 3.92. The Morgan fingerprint density at radius 2 is 1.68 bits per heavy atom. The van der Waals surface area contributed by atoms with Gasteiger partial charge in [-0.2, -0.15) is 13.2 Å². The fourth-order valence-electron chi connectivity index (χ4n) is 3.69. The Hall–Kier alpha value is -3.07. The minimum Gasteiger partial charge on any atom is -0.382 e. The van der Waals surface area contributed by atoms with Gasteiger partial charge in [0.2, 0.25) is 0 Å². The number of anilines is 3. The van der Waals surface area contributed by atoms with E-state index >= 15 is 0 Å². The Balaban J connectivity index is 1.67. The highest BCUT2D eigenvalue weighted by molar-refractivity contribution is 6.31. The first-order valence-electron chi connectivity index (χ1n) is 11.9. The van der Waals surface area contributed by atoms with Gasteiger partial charge in [0, 0.05) is 56.4 Å². The van der Waals surface area contributed by atoms with Crippen LogP contribution in [0, 0.1) is 0 Å². The fourth-order valence-corrected chi connectivity index (χ4v) is 3.91. The molecule has 198 valence electrons. The minimum absolute atomic E-state index is 0.309. The quantitative estimate of drug-likeness (QED) is 0.227. The number of aromatic nitrogens is 1. The smallest absolute Gasteiger partial charge is 0.382 e. The summed E-state index contributed by atoms with van der Waals surface area (Å²) in [7, 11) is 3.62. The summed E-state index contributed by atoms with van der Waals surface area (Å²) in [4.78, 5) is 6.15. The molecule has 0 unspecified atom stereocenters. The molecule has 0 aliphatic carbocycles. The maximum atomic E-state index is 13.2. The number of alkyl halides is 3. The molecule has 1 heterocycles. The molecule has 2 aromatic carbocycles. The molecule has 0 aliphatic rings. The van der Waals surface area contributed by atoms with E-state index in [0.717, 1.165) is 36.6 Å². The lowest BCUT2D eigenvalue weighted by atomic mass is 10.0. The molecule has 0 atom stereocenters. The number of rotatable bonds is 13. The van der Waals surface area contributed by atoms with E-state index in [9.17, 15) is 13.2 Å². The van der Waals surface area contributed by atoms with Gasteiger partial charge in [-0.3, -0.25) is 4.98 Å². The van der Waals surface area contributed by atoms with Gasteiger partial charge in [-0.25, -0.2) is 0 Å². The minimum atomic E-state index is -4.52. The van der Waals surface area contributed by atoms with Crippen molar-refractivity contribution in [3.05, 3.63) is 89.3 Å². The molecule has 1 N–H and O–H groups in total. The van der Waals surface area contributed by atoms with Crippen LogP contribution < -0.4 is 10.2 Å².